The van der Waals surface area contributed by atoms with E-state index >= 15 is 0 Å². The van der Waals surface area contributed by atoms with Crippen LogP contribution in [0.2, 0.25) is 0 Å². The van der Waals surface area contributed by atoms with Gasteiger partial charge < -0.3 is 19.5 Å². The molecule has 110 valence electrons. The van der Waals surface area contributed by atoms with E-state index < -0.39 is 12.9 Å². The summed E-state index contributed by atoms with van der Waals surface area (Å²) < 4.78 is 23.9. The second-order valence-electron chi connectivity index (χ2n) is 4.96. The minimum absolute atomic E-state index is 0.0112. The van der Waals surface area contributed by atoms with Crippen molar-refractivity contribution < 1.29 is 23.9 Å². The molecule has 1 aliphatic rings. The van der Waals surface area contributed by atoms with E-state index in [4.69, 9.17) is 9.47 Å². The lowest BCUT2D eigenvalue weighted by Gasteiger charge is -2.17. The average Bonchev–Trinajstić information content (AvgIpc) is 2.82. The number of benzene rings is 1. The minimum atomic E-state index is -1.68. The summed E-state index contributed by atoms with van der Waals surface area (Å²) in [6.07, 6.45) is -0.0223. The Balaban J connectivity index is 2.11. The van der Waals surface area contributed by atoms with Gasteiger partial charge in [0.05, 0.1) is 12.2 Å². The van der Waals surface area contributed by atoms with E-state index in [1.54, 1.807) is 20.3 Å². The van der Waals surface area contributed by atoms with E-state index in [-0.39, 0.29) is 17.7 Å². The fraction of sp³-hybridized carbons (Fsp3) is 0.538. The van der Waals surface area contributed by atoms with Gasteiger partial charge in [-0.15, -0.1) is 0 Å². The van der Waals surface area contributed by atoms with Crippen molar-refractivity contribution in [2.75, 3.05) is 27.3 Å². The maximum absolute atomic E-state index is 13.2. The summed E-state index contributed by atoms with van der Waals surface area (Å²) in [5.41, 5.74) is 0.882. The highest BCUT2D eigenvalue weighted by Crippen LogP contribution is 2.18. The van der Waals surface area contributed by atoms with E-state index in [2.05, 4.69) is 4.90 Å². The van der Waals surface area contributed by atoms with Crippen LogP contribution in [-0.2, 0) is 16.0 Å². The van der Waals surface area contributed by atoms with Crippen LogP contribution >= 0.6 is 0 Å². The van der Waals surface area contributed by atoms with E-state index in [9.17, 15) is 14.4 Å². The molecule has 20 heavy (non-hydrogen) atoms. The Labute approximate surface area is 118 Å². The van der Waals surface area contributed by atoms with Gasteiger partial charge in [-0.1, -0.05) is 6.07 Å². The topological polar surface area (TPSA) is 62.2 Å². The predicted molar refractivity (Wildman–Crippen MR) is 73.1 cm³/mol. The van der Waals surface area contributed by atoms with Crippen LogP contribution < -0.4 is 5.46 Å². The Hall–Kier alpha value is -0.985. The second kappa shape index (κ2) is 6.65. The molecule has 2 N–H and O–H groups in total. The van der Waals surface area contributed by atoms with Gasteiger partial charge in [0.25, 0.3) is 0 Å². The number of likely N-dealkylation sites (tertiary alicyclic amines) is 1. The van der Waals surface area contributed by atoms with Gasteiger partial charge in [0.15, 0.2) is 0 Å². The lowest BCUT2D eigenvalue weighted by molar-refractivity contribution is -0.00461. The Bertz CT molecular complexity index is 448. The van der Waals surface area contributed by atoms with Gasteiger partial charge in [0.2, 0.25) is 0 Å². The zero-order valence-corrected chi connectivity index (χ0v) is 11.6. The quantitative estimate of drug-likeness (QED) is 0.703. The molecule has 2 atom stereocenters. The van der Waals surface area contributed by atoms with Gasteiger partial charge in [-0.3, -0.25) is 4.90 Å². The Morgan fingerprint density at radius 2 is 1.85 bits per heavy atom. The molecule has 7 heteroatoms. The molecule has 1 heterocycles. The highest BCUT2D eigenvalue weighted by Gasteiger charge is 2.33. The summed E-state index contributed by atoms with van der Waals surface area (Å²) in [5, 5.41) is 18.6. The van der Waals surface area contributed by atoms with Crippen LogP contribution in [0.4, 0.5) is 4.39 Å². The molecule has 0 amide bonds. The minimum Gasteiger partial charge on any atom is -0.423 e. The molecule has 1 fully saturated rings. The first-order valence-corrected chi connectivity index (χ1v) is 6.47. The first-order valence-electron chi connectivity index (χ1n) is 6.47. The third kappa shape index (κ3) is 3.36. The molecule has 1 aromatic carbocycles. The molecule has 0 bridgehead atoms. The number of ether oxygens (including phenoxy) is 2. The first-order chi connectivity index (χ1) is 9.55. The molecule has 5 nitrogen and oxygen atoms in total. The molecule has 2 unspecified atom stereocenters. The molecule has 0 aliphatic carbocycles. The SMILES string of the molecule is COC1CN(Cc2ccc(F)cc2B(O)O)CC1OC. The van der Waals surface area contributed by atoms with Crippen molar-refractivity contribution in [1.29, 1.82) is 0 Å². The van der Waals surface area contributed by atoms with Crippen LogP contribution in [0.15, 0.2) is 18.2 Å². The van der Waals surface area contributed by atoms with Gasteiger partial charge >= 0.3 is 7.12 Å². The normalized spacial score (nSPS) is 23.2. The van der Waals surface area contributed by atoms with Crippen molar-refractivity contribution in [3.05, 3.63) is 29.6 Å². The zero-order valence-electron chi connectivity index (χ0n) is 11.6. The number of halogens is 1. The van der Waals surface area contributed by atoms with E-state index in [0.717, 1.165) is 6.07 Å². The van der Waals surface area contributed by atoms with E-state index in [1.165, 1.54) is 6.07 Å². The number of hydrogen-bond donors (Lipinski definition) is 2. The molecular formula is C13H19BFNO4. The lowest BCUT2D eigenvalue weighted by atomic mass is 9.77. The van der Waals surface area contributed by atoms with Crippen molar-refractivity contribution in [3.63, 3.8) is 0 Å². The van der Waals surface area contributed by atoms with Gasteiger partial charge in [0, 0.05) is 33.9 Å². The van der Waals surface area contributed by atoms with Gasteiger partial charge in [0.1, 0.15) is 5.82 Å². The Morgan fingerprint density at radius 1 is 1.25 bits per heavy atom. The summed E-state index contributed by atoms with van der Waals surface area (Å²) >= 11 is 0. The molecule has 1 aromatic rings. The van der Waals surface area contributed by atoms with E-state index in [0.29, 0.717) is 25.2 Å². The zero-order chi connectivity index (χ0) is 14.7. The van der Waals surface area contributed by atoms with Crippen molar-refractivity contribution in [3.8, 4) is 0 Å². The lowest BCUT2D eigenvalue weighted by Crippen LogP contribution is -2.36. The van der Waals surface area contributed by atoms with E-state index in [1.807, 2.05) is 0 Å². The molecule has 0 spiro atoms. The summed E-state index contributed by atoms with van der Waals surface area (Å²) in [6, 6.07) is 4.04. The van der Waals surface area contributed by atoms with Crippen molar-refractivity contribution in [2.45, 2.75) is 18.8 Å². The molecule has 2 rings (SSSR count). The highest BCUT2D eigenvalue weighted by molar-refractivity contribution is 6.59. The number of nitrogens with zero attached hydrogens (tertiary/aromatic N) is 1. The van der Waals surface area contributed by atoms with Crippen LogP contribution in [0.1, 0.15) is 5.56 Å². The summed E-state index contributed by atoms with van der Waals surface area (Å²) in [5.74, 6) is -0.484. The van der Waals surface area contributed by atoms with Crippen LogP contribution in [0.5, 0.6) is 0 Å². The third-order valence-electron chi connectivity index (χ3n) is 3.68. The standard InChI is InChI=1S/C13H19BFNO4/c1-19-12-7-16(8-13(12)20-2)6-9-3-4-10(15)5-11(9)14(17)18/h3-5,12-13,17-18H,6-8H2,1-2H3. The molecule has 1 aliphatic heterocycles. The fourth-order valence-electron chi connectivity index (χ4n) is 2.59. The molecule has 0 radical (unpaired) electrons. The maximum atomic E-state index is 13.2. The van der Waals surface area contributed by atoms with Gasteiger partial charge in [-0.2, -0.15) is 0 Å². The Kier molecular flexibility index (Phi) is 5.12. The van der Waals surface area contributed by atoms with Crippen LogP contribution in [0.25, 0.3) is 0 Å². The van der Waals surface area contributed by atoms with Crippen LogP contribution in [0, 0.1) is 5.82 Å². The number of rotatable bonds is 5. The highest BCUT2D eigenvalue weighted by atomic mass is 19.1. The molecular weight excluding hydrogens is 264 g/mol. The second-order valence-corrected chi connectivity index (χ2v) is 4.96. The predicted octanol–water partition coefficient (Wildman–Crippen LogP) is -0.649. The van der Waals surface area contributed by atoms with Crippen molar-refractivity contribution >= 4 is 12.6 Å². The van der Waals surface area contributed by atoms with Crippen LogP contribution in [0.3, 0.4) is 0 Å². The smallest absolute Gasteiger partial charge is 0.423 e. The largest absolute Gasteiger partial charge is 0.488 e. The maximum Gasteiger partial charge on any atom is 0.488 e. The fourth-order valence-corrected chi connectivity index (χ4v) is 2.59. The van der Waals surface area contributed by atoms with Crippen molar-refractivity contribution in [1.82, 2.24) is 4.90 Å². The Morgan fingerprint density at radius 3 is 2.35 bits per heavy atom. The molecule has 1 saturated heterocycles. The third-order valence-corrected chi connectivity index (χ3v) is 3.68. The van der Waals surface area contributed by atoms with Crippen molar-refractivity contribution in [2.24, 2.45) is 0 Å². The monoisotopic (exact) mass is 283 g/mol. The number of hydrogen-bond acceptors (Lipinski definition) is 5. The average molecular weight is 283 g/mol. The number of methoxy groups -OCH3 is 2. The van der Waals surface area contributed by atoms with Gasteiger partial charge in [-0.05, 0) is 23.2 Å². The van der Waals surface area contributed by atoms with Gasteiger partial charge in [-0.25, -0.2) is 4.39 Å². The summed E-state index contributed by atoms with van der Waals surface area (Å²) in [7, 11) is 1.60. The molecule has 0 aromatic heterocycles. The molecule has 0 saturated carbocycles. The summed E-state index contributed by atoms with van der Waals surface area (Å²) in [6.45, 7) is 1.87. The first kappa shape index (κ1) is 15.4. The summed E-state index contributed by atoms with van der Waals surface area (Å²) in [4.78, 5) is 2.08. The van der Waals surface area contributed by atoms with Crippen LogP contribution in [-0.4, -0.2) is 61.6 Å².